The largest absolute Gasteiger partial charge is 0.338 e. The van der Waals surface area contributed by atoms with Gasteiger partial charge >= 0.3 is 5.69 Å². The second kappa shape index (κ2) is 5.33. The molecule has 0 atom stereocenters. The van der Waals surface area contributed by atoms with Crippen molar-refractivity contribution in [1.29, 1.82) is 0 Å². The minimum atomic E-state index is -0.547. The lowest BCUT2D eigenvalue weighted by Gasteiger charge is -2.27. The van der Waals surface area contributed by atoms with Crippen molar-refractivity contribution >= 4 is 17.2 Å². The Hall–Kier alpha value is -2.15. The van der Waals surface area contributed by atoms with Gasteiger partial charge in [-0.15, -0.1) is 11.3 Å². The van der Waals surface area contributed by atoms with E-state index in [0.717, 1.165) is 6.42 Å². The summed E-state index contributed by atoms with van der Waals surface area (Å²) in [6.07, 6.45) is 0.872. The molecule has 0 unspecified atom stereocenters. The first-order chi connectivity index (χ1) is 10.0. The van der Waals surface area contributed by atoms with Crippen molar-refractivity contribution in [1.82, 2.24) is 14.9 Å². The number of aromatic nitrogens is 2. The molecule has 1 amide bonds. The highest BCUT2D eigenvalue weighted by molar-refractivity contribution is 7.10. The monoisotopic (exact) mass is 305 g/mol. The SMILES string of the molecule is Cc1[nH]c(=O)[nH]c(=O)c1CC(=O)N1CCc2sccc2C1. The number of hydrogen-bond acceptors (Lipinski definition) is 4. The van der Waals surface area contributed by atoms with Gasteiger partial charge < -0.3 is 9.88 Å². The van der Waals surface area contributed by atoms with Crippen LogP contribution in [0.4, 0.5) is 0 Å². The number of fused-ring (bicyclic) bond motifs is 1. The van der Waals surface area contributed by atoms with Crippen molar-refractivity contribution in [2.24, 2.45) is 0 Å². The molecule has 0 bridgehead atoms. The predicted molar refractivity (Wildman–Crippen MR) is 79.6 cm³/mol. The van der Waals surface area contributed by atoms with Gasteiger partial charge in [-0.2, -0.15) is 0 Å². The van der Waals surface area contributed by atoms with Crippen LogP contribution in [0.3, 0.4) is 0 Å². The topological polar surface area (TPSA) is 86.0 Å². The van der Waals surface area contributed by atoms with Crippen molar-refractivity contribution in [3.05, 3.63) is 54.0 Å². The molecule has 0 radical (unpaired) electrons. The minimum Gasteiger partial charge on any atom is -0.338 e. The zero-order valence-electron chi connectivity index (χ0n) is 11.6. The molecule has 0 fully saturated rings. The lowest BCUT2D eigenvalue weighted by Crippen LogP contribution is -2.38. The van der Waals surface area contributed by atoms with Gasteiger partial charge in [0.15, 0.2) is 0 Å². The average Bonchev–Trinajstić information content (AvgIpc) is 2.89. The molecule has 1 aliphatic heterocycles. The summed E-state index contributed by atoms with van der Waals surface area (Å²) < 4.78 is 0. The van der Waals surface area contributed by atoms with E-state index in [2.05, 4.69) is 9.97 Å². The molecule has 0 spiro atoms. The average molecular weight is 305 g/mol. The van der Waals surface area contributed by atoms with E-state index in [1.807, 2.05) is 11.4 Å². The number of rotatable bonds is 2. The van der Waals surface area contributed by atoms with E-state index >= 15 is 0 Å². The number of nitrogens with one attached hydrogen (secondary N) is 2. The second-order valence-electron chi connectivity index (χ2n) is 5.12. The van der Waals surface area contributed by atoms with Crippen LogP contribution < -0.4 is 11.2 Å². The van der Waals surface area contributed by atoms with Crippen molar-refractivity contribution in [3.63, 3.8) is 0 Å². The van der Waals surface area contributed by atoms with Gasteiger partial charge in [-0.3, -0.25) is 14.6 Å². The van der Waals surface area contributed by atoms with Crippen LogP contribution in [-0.2, 0) is 24.2 Å². The summed E-state index contributed by atoms with van der Waals surface area (Å²) in [6, 6.07) is 2.04. The molecule has 2 N–H and O–H groups in total. The fraction of sp³-hybridized carbons (Fsp3) is 0.357. The first-order valence-electron chi connectivity index (χ1n) is 6.69. The molecule has 0 saturated carbocycles. The standard InChI is InChI=1S/C14H15N3O3S/c1-8-10(13(19)16-14(20)15-8)6-12(18)17-4-2-11-9(7-17)3-5-21-11/h3,5H,2,4,6-7H2,1H3,(H2,15,16,19,20). The predicted octanol–water partition coefficient (Wildman–Crippen LogP) is 0.561. The number of hydrogen-bond donors (Lipinski definition) is 2. The van der Waals surface area contributed by atoms with Crippen molar-refractivity contribution in [3.8, 4) is 0 Å². The van der Waals surface area contributed by atoms with E-state index in [1.165, 1.54) is 10.4 Å². The van der Waals surface area contributed by atoms with Crippen LogP contribution in [-0.4, -0.2) is 27.3 Å². The van der Waals surface area contributed by atoms with Gasteiger partial charge in [0.2, 0.25) is 5.91 Å². The zero-order valence-corrected chi connectivity index (χ0v) is 12.4. The van der Waals surface area contributed by atoms with Crippen molar-refractivity contribution in [2.45, 2.75) is 26.3 Å². The fourth-order valence-corrected chi connectivity index (χ4v) is 3.45. The molecule has 0 aliphatic carbocycles. The van der Waals surface area contributed by atoms with Crippen molar-refractivity contribution in [2.75, 3.05) is 6.54 Å². The van der Waals surface area contributed by atoms with E-state index in [-0.39, 0.29) is 12.3 Å². The number of aryl methyl sites for hydroxylation is 1. The number of carbonyl (C=O) groups excluding carboxylic acids is 1. The molecule has 2 aromatic rings. The van der Waals surface area contributed by atoms with Crippen LogP contribution in [0.5, 0.6) is 0 Å². The molecule has 1 aliphatic rings. The lowest BCUT2D eigenvalue weighted by atomic mass is 10.1. The number of aromatic amines is 2. The van der Waals surface area contributed by atoms with E-state index in [1.54, 1.807) is 23.2 Å². The van der Waals surface area contributed by atoms with Crippen LogP contribution in [0.25, 0.3) is 0 Å². The maximum absolute atomic E-state index is 12.4. The molecule has 6 nitrogen and oxygen atoms in total. The van der Waals surface area contributed by atoms with Crippen LogP contribution in [0.1, 0.15) is 21.7 Å². The third-order valence-corrected chi connectivity index (χ3v) is 4.77. The Labute approximate surface area is 124 Å². The molecule has 0 saturated heterocycles. The molecule has 110 valence electrons. The molecule has 3 rings (SSSR count). The fourth-order valence-electron chi connectivity index (χ4n) is 2.56. The normalized spacial score (nSPS) is 14.0. The van der Waals surface area contributed by atoms with E-state index in [0.29, 0.717) is 24.3 Å². The van der Waals surface area contributed by atoms with Gasteiger partial charge in [0.25, 0.3) is 5.56 Å². The van der Waals surface area contributed by atoms with Crippen LogP contribution in [0.15, 0.2) is 21.0 Å². The Morgan fingerprint density at radius 1 is 1.38 bits per heavy atom. The van der Waals surface area contributed by atoms with Crippen LogP contribution in [0, 0.1) is 6.92 Å². The maximum Gasteiger partial charge on any atom is 0.325 e. The summed E-state index contributed by atoms with van der Waals surface area (Å²) >= 11 is 1.72. The molecule has 3 heterocycles. The molecular formula is C14H15N3O3S. The number of H-pyrrole nitrogens is 2. The van der Waals surface area contributed by atoms with Crippen molar-refractivity contribution < 1.29 is 4.79 Å². The number of amides is 1. The third-order valence-electron chi connectivity index (χ3n) is 3.74. The number of thiophene rings is 1. The highest BCUT2D eigenvalue weighted by Gasteiger charge is 2.22. The lowest BCUT2D eigenvalue weighted by molar-refractivity contribution is -0.131. The molecule has 7 heteroatoms. The van der Waals surface area contributed by atoms with Gasteiger partial charge in [0.1, 0.15) is 0 Å². The first kappa shape index (κ1) is 13.8. The highest BCUT2D eigenvalue weighted by Crippen LogP contribution is 2.24. The molecular weight excluding hydrogens is 290 g/mol. The molecule has 2 aromatic heterocycles. The van der Waals surface area contributed by atoms with Crippen LogP contribution in [0.2, 0.25) is 0 Å². The summed E-state index contributed by atoms with van der Waals surface area (Å²) in [6.45, 7) is 2.90. The van der Waals surface area contributed by atoms with E-state index < -0.39 is 11.2 Å². The van der Waals surface area contributed by atoms with Gasteiger partial charge in [-0.25, -0.2) is 4.79 Å². The number of carbonyl (C=O) groups is 1. The van der Waals surface area contributed by atoms with Gasteiger partial charge in [-0.05, 0) is 30.4 Å². The Morgan fingerprint density at radius 2 is 2.19 bits per heavy atom. The van der Waals surface area contributed by atoms with Crippen LogP contribution >= 0.6 is 11.3 Å². The van der Waals surface area contributed by atoms with E-state index in [4.69, 9.17) is 0 Å². The summed E-state index contributed by atoms with van der Waals surface area (Å²) in [5.74, 6) is -0.0903. The highest BCUT2D eigenvalue weighted by atomic mass is 32.1. The smallest absolute Gasteiger partial charge is 0.325 e. The summed E-state index contributed by atoms with van der Waals surface area (Å²) in [4.78, 5) is 43.1. The van der Waals surface area contributed by atoms with Gasteiger partial charge in [0, 0.05) is 29.2 Å². The Kier molecular flexibility index (Phi) is 3.50. The Balaban J connectivity index is 1.79. The van der Waals surface area contributed by atoms with Gasteiger partial charge in [-0.1, -0.05) is 0 Å². The molecule has 21 heavy (non-hydrogen) atoms. The van der Waals surface area contributed by atoms with E-state index in [9.17, 15) is 14.4 Å². The third kappa shape index (κ3) is 2.69. The maximum atomic E-state index is 12.4. The second-order valence-corrected chi connectivity index (χ2v) is 6.12. The first-order valence-corrected chi connectivity index (χ1v) is 7.57. The summed E-state index contributed by atoms with van der Waals surface area (Å²) in [5.41, 5.74) is 0.931. The van der Waals surface area contributed by atoms with Gasteiger partial charge in [0.05, 0.1) is 6.42 Å². The quantitative estimate of drug-likeness (QED) is 0.850. The minimum absolute atomic E-state index is 0.0113. The number of nitrogens with zero attached hydrogens (tertiary/aromatic N) is 1. The zero-order chi connectivity index (χ0) is 15.0. The summed E-state index contributed by atoms with van der Waals surface area (Å²) in [5, 5.41) is 2.04. The summed E-state index contributed by atoms with van der Waals surface area (Å²) in [7, 11) is 0. The molecule has 0 aromatic carbocycles. The Bertz CT molecular complexity index is 802. The Morgan fingerprint density at radius 3 is 2.95 bits per heavy atom.